The molecule has 3 heterocycles. The summed E-state index contributed by atoms with van der Waals surface area (Å²) in [6, 6.07) is 5.50. The van der Waals surface area contributed by atoms with E-state index >= 15 is 0 Å². The number of rotatable bonds is 2. The maximum absolute atomic E-state index is 13.8. The van der Waals surface area contributed by atoms with Gasteiger partial charge in [0.1, 0.15) is 11.2 Å². The number of hydrogen-bond acceptors (Lipinski definition) is 3. The van der Waals surface area contributed by atoms with E-state index in [2.05, 4.69) is 24.3 Å². The number of amides is 2. The molecule has 7 heteroatoms. The molecule has 28 heavy (non-hydrogen) atoms. The molecule has 0 radical (unpaired) electrons. The molecule has 2 aliphatic rings. The van der Waals surface area contributed by atoms with Gasteiger partial charge in [-0.15, -0.1) is 0 Å². The molecule has 0 saturated heterocycles. The topological polar surface area (TPSA) is 67.2 Å². The molecule has 1 aromatic carbocycles. The molecule has 1 aromatic heterocycles. The van der Waals surface area contributed by atoms with E-state index in [9.17, 15) is 9.59 Å². The summed E-state index contributed by atoms with van der Waals surface area (Å²) in [4.78, 5) is 28.4. The second kappa shape index (κ2) is 6.08. The molecule has 0 unspecified atom stereocenters. The third kappa shape index (κ3) is 2.58. The van der Waals surface area contributed by atoms with Gasteiger partial charge < -0.3 is 10.2 Å². The summed E-state index contributed by atoms with van der Waals surface area (Å²) in [6.07, 6.45) is 1.78. The summed E-state index contributed by atoms with van der Waals surface area (Å²) < 4.78 is 1.78. The van der Waals surface area contributed by atoms with Crippen molar-refractivity contribution in [3.8, 4) is 0 Å². The van der Waals surface area contributed by atoms with E-state index in [0.29, 0.717) is 17.4 Å². The largest absolute Gasteiger partial charge is 0.311 e. The van der Waals surface area contributed by atoms with Crippen molar-refractivity contribution in [3.05, 3.63) is 40.5 Å². The molecule has 148 valence electrons. The summed E-state index contributed by atoms with van der Waals surface area (Å²) in [7, 11) is 0. The first kappa shape index (κ1) is 19.0. The van der Waals surface area contributed by atoms with E-state index in [-0.39, 0.29) is 29.7 Å². The van der Waals surface area contributed by atoms with Crippen LogP contribution < -0.4 is 10.2 Å². The van der Waals surface area contributed by atoms with Crippen LogP contribution in [0.4, 0.5) is 11.5 Å². The lowest BCUT2D eigenvalue weighted by molar-refractivity contribution is -0.126. The Morgan fingerprint density at radius 1 is 1.25 bits per heavy atom. The van der Waals surface area contributed by atoms with E-state index in [1.807, 2.05) is 32.9 Å². The molecular weight excluding hydrogens is 376 g/mol. The highest BCUT2D eigenvalue weighted by molar-refractivity contribution is 6.31. The van der Waals surface area contributed by atoms with Gasteiger partial charge in [-0.05, 0) is 50.5 Å². The van der Waals surface area contributed by atoms with Gasteiger partial charge in [0, 0.05) is 29.2 Å². The van der Waals surface area contributed by atoms with Crippen molar-refractivity contribution in [3.63, 3.8) is 0 Å². The van der Waals surface area contributed by atoms with Crippen molar-refractivity contribution in [2.75, 3.05) is 16.8 Å². The van der Waals surface area contributed by atoms with Crippen LogP contribution in [0.2, 0.25) is 5.02 Å². The van der Waals surface area contributed by atoms with Crippen molar-refractivity contribution in [2.45, 2.75) is 52.0 Å². The molecule has 0 fully saturated rings. The smallest absolute Gasteiger partial charge is 0.242 e. The Balaban J connectivity index is 2.00. The van der Waals surface area contributed by atoms with E-state index in [0.717, 1.165) is 16.8 Å². The molecule has 2 amide bonds. The Morgan fingerprint density at radius 3 is 2.61 bits per heavy atom. The number of nitrogens with zero attached hydrogens (tertiary/aromatic N) is 3. The summed E-state index contributed by atoms with van der Waals surface area (Å²) in [5, 5.41) is 8.03. The highest BCUT2D eigenvalue weighted by atomic mass is 35.5. The highest BCUT2D eigenvalue weighted by Crippen LogP contribution is 2.53. The molecular formula is C21H25ClN4O2. The number of halogens is 1. The third-order valence-electron chi connectivity index (χ3n) is 5.42. The molecule has 2 aliphatic heterocycles. The zero-order chi connectivity index (χ0) is 20.4. The fraction of sp³-hybridized carbons (Fsp3) is 0.476. The van der Waals surface area contributed by atoms with E-state index < -0.39 is 5.41 Å². The van der Waals surface area contributed by atoms with Crippen LogP contribution in [0.15, 0.2) is 24.4 Å². The average molecular weight is 401 g/mol. The van der Waals surface area contributed by atoms with Gasteiger partial charge in [0.15, 0.2) is 0 Å². The minimum absolute atomic E-state index is 0.0522. The summed E-state index contributed by atoms with van der Waals surface area (Å²) in [6.45, 7) is 10.8. The Morgan fingerprint density at radius 2 is 1.96 bits per heavy atom. The van der Waals surface area contributed by atoms with Crippen LogP contribution in [0.1, 0.15) is 52.2 Å². The molecule has 0 aliphatic carbocycles. The van der Waals surface area contributed by atoms with Crippen LogP contribution in [0.5, 0.6) is 0 Å². The second-order valence-electron chi connectivity index (χ2n) is 9.09. The molecule has 0 bridgehead atoms. The number of carbonyl (C=O) groups excluding carboxylic acids is 2. The minimum atomic E-state index is -1.09. The fourth-order valence-corrected chi connectivity index (χ4v) is 4.49. The molecule has 0 saturated carbocycles. The van der Waals surface area contributed by atoms with E-state index in [1.165, 1.54) is 0 Å². The van der Waals surface area contributed by atoms with E-state index in [4.69, 9.17) is 11.6 Å². The Kier molecular flexibility index (Phi) is 4.12. The predicted molar refractivity (Wildman–Crippen MR) is 110 cm³/mol. The number of fused-ring (bicyclic) bond motifs is 4. The molecule has 1 spiro atoms. The van der Waals surface area contributed by atoms with Gasteiger partial charge in [0.25, 0.3) is 0 Å². The van der Waals surface area contributed by atoms with Crippen LogP contribution in [0, 0.1) is 5.92 Å². The average Bonchev–Trinajstić information content (AvgIpc) is 3.09. The standard InChI is InChI=1S/C21H25ClN4O2/c1-12(2)11-25-16-7-6-13(22)8-14(16)21(19(25)28)9-17(27)24-18-15(21)10-23-26(18)20(3,4)5/h6-8,10,12H,9,11H2,1-5H3,(H,24,27)/t21-/m0/s1. The van der Waals surface area contributed by atoms with Crippen molar-refractivity contribution < 1.29 is 9.59 Å². The van der Waals surface area contributed by atoms with Crippen molar-refractivity contribution >= 4 is 34.9 Å². The Hall–Kier alpha value is -2.34. The maximum Gasteiger partial charge on any atom is 0.242 e. The number of nitrogens with one attached hydrogen (secondary N) is 1. The van der Waals surface area contributed by atoms with Crippen molar-refractivity contribution in [1.82, 2.24) is 9.78 Å². The van der Waals surface area contributed by atoms with Crippen LogP contribution in [0.3, 0.4) is 0 Å². The minimum Gasteiger partial charge on any atom is -0.311 e. The van der Waals surface area contributed by atoms with Gasteiger partial charge in [0.05, 0.1) is 11.7 Å². The number of carbonyl (C=O) groups is 2. The predicted octanol–water partition coefficient (Wildman–Crippen LogP) is 3.92. The number of benzene rings is 1. The van der Waals surface area contributed by atoms with E-state index in [1.54, 1.807) is 21.8 Å². The first-order valence-corrected chi connectivity index (χ1v) is 9.94. The Bertz CT molecular complexity index is 989. The third-order valence-corrected chi connectivity index (χ3v) is 5.65. The molecule has 1 atom stereocenters. The van der Waals surface area contributed by atoms with Crippen LogP contribution in [-0.4, -0.2) is 28.1 Å². The van der Waals surface area contributed by atoms with Gasteiger partial charge >= 0.3 is 0 Å². The van der Waals surface area contributed by atoms with Crippen molar-refractivity contribution in [2.24, 2.45) is 5.92 Å². The second-order valence-corrected chi connectivity index (χ2v) is 9.53. The van der Waals surface area contributed by atoms with Gasteiger partial charge in [-0.1, -0.05) is 25.4 Å². The Labute approximate surface area is 169 Å². The van der Waals surface area contributed by atoms with Crippen LogP contribution in [0.25, 0.3) is 0 Å². The van der Waals surface area contributed by atoms with Crippen LogP contribution in [-0.2, 0) is 20.5 Å². The first-order valence-electron chi connectivity index (χ1n) is 9.56. The highest BCUT2D eigenvalue weighted by Gasteiger charge is 2.57. The lowest BCUT2D eigenvalue weighted by Crippen LogP contribution is -2.47. The summed E-state index contributed by atoms with van der Waals surface area (Å²) in [5.74, 6) is 0.610. The molecule has 1 N–H and O–H groups in total. The SMILES string of the molecule is CC(C)CN1C(=O)[C@@]2(CC(=O)Nc3c2cnn3C(C)(C)C)c2cc(Cl)ccc21. The van der Waals surface area contributed by atoms with Gasteiger partial charge in [-0.25, -0.2) is 4.68 Å². The number of anilines is 2. The normalized spacial score (nSPS) is 21.3. The molecule has 4 rings (SSSR count). The first-order chi connectivity index (χ1) is 13.1. The fourth-order valence-electron chi connectivity index (χ4n) is 4.32. The van der Waals surface area contributed by atoms with Crippen molar-refractivity contribution in [1.29, 1.82) is 0 Å². The summed E-state index contributed by atoms with van der Waals surface area (Å²) >= 11 is 6.32. The maximum atomic E-state index is 13.8. The summed E-state index contributed by atoms with van der Waals surface area (Å²) in [5.41, 5.74) is 0.927. The lowest BCUT2D eigenvalue weighted by Gasteiger charge is -2.34. The van der Waals surface area contributed by atoms with Gasteiger partial charge in [0.2, 0.25) is 11.8 Å². The number of hydrogen-bond donors (Lipinski definition) is 1. The lowest BCUT2D eigenvalue weighted by atomic mass is 9.71. The van der Waals surface area contributed by atoms with Gasteiger partial charge in [-0.2, -0.15) is 5.10 Å². The molecule has 6 nitrogen and oxygen atoms in total. The monoisotopic (exact) mass is 400 g/mol. The quantitative estimate of drug-likeness (QED) is 0.830. The number of aromatic nitrogens is 2. The zero-order valence-corrected chi connectivity index (χ0v) is 17.6. The van der Waals surface area contributed by atoms with Crippen LogP contribution >= 0.6 is 11.6 Å². The zero-order valence-electron chi connectivity index (χ0n) is 16.8. The molecule has 2 aromatic rings. The van der Waals surface area contributed by atoms with Gasteiger partial charge in [-0.3, -0.25) is 9.59 Å².